The number of benzene rings is 1. The highest BCUT2D eigenvalue weighted by Crippen LogP contribution is 2.27. The second kappa shape index (κ2) is 6.55. The van der Waals surface area contributed by atoms with Crippen LogP contribution in [0.3, 0.4) is 0 Å². The molecule has 0 atom stereocenters. The van der Waals surface area contributed by atoms with Gasteiger partial charge in [-0.3, -0.25) is 4.90 Å². The average molecular weight is 341 g/mol. The van der Waals surface area contributed by atoms with Crippen LogP contribution in [0.2, 0.25) is 5.02 Å². The van der Waals surface area contributed by atoms with Crippen molar-refractivity contribution in [2.75, 3.05) is 26.2 Å². The lowest BCUT2D eigenvalue weighted by Gasteiger charge is -2.27. The fourth-order valence-electron chi connectivity index (χ4n) is 3.24. The molecule has 1 aliphatic rings. The zero-order chi connectivity index (χ0) is 16.5. The maximum absolute atomic E-state index is 6.24. The molecular weight excluding hydrogens is 320 g/mol. The van der Waals surface area contributed by atoms with Gasteiger partial charge in [-0.05, 0) is 19.1 Å². The van der Waals surface area contributed by atoms with E-state index >= 15 is 0 Å². The summed E-state index contributed by atoms with van der Waals surface area (Å²) >= 11 is 6.24. The third kappa shape index (κ3) is 3.05. The lowest BCUT2D eigenvalue weighted by molar-refractivity contribution is 0.230. The van der Waals surface area contributed by atoms with E-state index in [4.69, 9.17) is 16.6 Å². The first-order valence-electron chi connectivity index (χ1n) is 8.37. The van der Waals surface area contributed by atoms with E-state index in [1.54, 1.807) is 0 Å². The van der Waals surface area contributed by atoms with Crippen LogP contribution in [0.5, 0.6) is 0 Å². The van der Waals surface area contributed by atoms with Gasteiger partial charge in [0.15, 0.2) is 0 Å². The van der Waals surface area contributed by atoms with E-state index in [-0.39, 0.29) is 0 Å². The molecule has 124 valence electrons. The number of halogens is 1. The van der Waals surface area contributed by atoms with E-state index in [1.807, 2.05) is 18.3 Å². The van der Waals surface area contributed by atoms with Crippen LogP contribution in [-0.4, -0.2) is 40.5 Å². The monoisotopic (exact) mass is 340 g/mol. The number of aromatic nitrogens is 2. The molecule has 1 aromatic carbocycles. The van der Waals surface area contributed by atoms with Crippen molar-refractivity contribution < 1.29 is 0 Å². The zero-order valence-electron chi connectivity index (χ0n) is 13.8. The first kappa shape index (κ1) is 15.6. The molecule has 1 N–H and O–H groups in total. The van der Waals surface area contributed by atoms with Gasteiger partial charge in [0.05, 0.1) is 16.4 Å². The molecule has 24 heavy (non-hydrogen) atoms. The number of rotatable bonds is 3. The minimum atomic E-state index is 0.733. The van der Waals surface area contributed by atoms with Gasteiger partial charge in [0.25, 0.3) is 0 Å². The van der Waals surface area contributed by atoms with Gasteiger partial charge in [-0.1, -0.05) is 41.4 Å². The predicted octanol–water partition coefficient (Wildman–Crippen LogP) is 3.37. The van der Waals surface area contributed by atoms with Crippen LogP contribution in [0.15, 0.2) is 42.6 Å². The molecular formula is C19H21ClN4. The Hall–Kier alpha value is -1.88. The molecule has 2 aromatic heterocycles. The summed E-state index contributed by atoms with van der Waals surface area (Å²) in [6.45, 7) is 7.18. The Balaban J connectivity index is 1.81. The van der Waals surface area contributed by atoms with Crippen molar-refractivity contribution in [3.8, 4) is 11.3 Å². The molecule has 0 aliphatic carbocycles. The molecule has 1 fully saturated rings. The number of fused-ring (bicyclic) bond motifs is 1. The van der Waals surface area contributed by atoms with E-state index in [0.717, 1.165) is 54.7 Å². The SMILES string of the molecule is Cc1ccc(-c2nc3ccc(Cl)cn3c2CN2CCNCC2)cc1. The van der Waals surface area contributed by atoms with Crippen molar-refractivity contribution in [3.63, 3.8) is 0 Å². The van der Waals surface area contributed by atoms with Crippen LogP contribution in [0.4, 0.5) is 0 Å². The Labute approximate surface area is 147 Å². The van der Waals surface area contributed by atoms with Gasteiger partial charge in [-0.25, -0.2) is 4.98 Å². The molecule has 0 unspecified atom stereocenters. The van der Waals surface area contributed by atoms with E-state index in [2.05, 4.69) is 45.8 Å². The van der Waals surface area contributed by atoms with Gasteiger partial charge in [-0.2, -0.15) is 0 Å². The average Bonchev–Trinajstić information content (AvgIpc) is 2.94. The third-order valence-electron chi connectivity index (χ3n) is 4.59. The highest BCUT2D eigenvalue weighted by molar-refractivity contribution is 6.30. The topological polar surface area (TPSA) is 32.6 Å². The molecule has 5 heteroatoms. The summed E-state index contributed by atoms with van der Waals surface area (Å²) in [5, 5.41) is 4.14. The van der Waals surface area contributed by atoms with Gasteiger partial charge in [0.1, 0.15) is 5.65 Å². The molecule has 0 spiro atoms. The smallest absolute Gasteiger partial charge is 0.137 e. The molecule has 0 saturated carbocycles. The Bertz CT molecular complexity index is 848. The van der Waals surface area contributed by atoms with Gasteiger partial charge in [0.2, 0.25) is 0 Å². The second-order valence-corrected chi connectivity index (χ2v) is 6.81. The molecule has 1 aliphatic heterocycles. The molecule has 4 rings (SSSR count). The lowest BCUT2D eigenvalue weighted by atomic mass is 10.1. The normalized spacial score (nSPS) is 15.9. The molecule has 0 radical (unpaired) electrons. The summed E-state index contributed by atoms with van der Waals surface area (Å²) in [5.74, 6) is 0. The summed E-state index contributed by atoms with van der Waals surface area (Å²) in [6, 6.07) is 12.5. The molecule has 0 bridgehead atoms. The van der Waals surface area contributed by atoms with Crippen molar-refractivity contribution in [1.82, 2.24) is 19.6 Å². The Morgan fingerprint density at radius 3 is 2.58 bits per heavy atom. The van der Waals surface area contributed by atoms with Gasteiger partial charge < -0.3 is 9.72 Å². The number of pyridine rings is 1. The van der Waals surface area contributed by atoms with E-state index in [1.165, 1.54) is 11.3 Å². The lowest BCUT2D eigenvalue weighted by Crippen LogP contribution is -2.43. The number of nitrogens with one attached hydrogen (secondary N) is 1. The number of hydrogen-bond donors (Lipinski definition) is 1. The number of hydrogen-bond acceptors (Lipinski definition) is 3. The summed E-state index contributed by atoms with van der Waals surface area (Å²) in [5.41, 5.74) is 5.62. The van der Waals surface area contributed by atoms with E-state index in [9.17, 15) is 0 Å². The van der Waals surface area contributed by atoms with E-state index < -0.39 is 0 Å². The van der Waals surface area contributed by atoms with Crippen molar-refractivity contribution in [2.45, 2.75) is 13.5 Å². The number of piperazine rings is 1. The number of nitrogens with zero attached hydrogens (tertiary/aromatic N) is 3. The summed E-state index contributed by atoms with van der Waals surface area (Å²) in [4.78, 5) is 7.35. The van der Waals surface area contributed by atoms with Gasteiger partial charge >= 0.3 is 0 Å². The Morgan fingerprint density at radius 1 is 1.08 bits per heavy atom. The quantitative estimate of drug-likeness (QED) is 0.793. The molecule has 3 heterocycles. The van der Waals surface area contributed by atoms with Crippen LogP contribution in [0.1, 0.15) is 11.3 Å². The highest BCUT2D eigenvalue weighted by Gasteiger charge is 2.18. The maximum Gasteiger partial charge on any atom is 0.137 e. The van der Waals surface area contributed by atoms with Crippen molar-refractivity contribution in [3.05, 3.63) is 58.9 Å². The first-order valence-corrected chi connectivity index (χ1v) is 8.75. The van der Waals surface area contributed by atoms with Crippen molar-refractivity contribution in [1.29, 1.82) is 0 Å². The van der Waals surface area contributed by atoms with Crippen LogP contribution in [0.25, 0.3) is 16.9 Å². The predicted molar refractivity (Wildman–Crippen MR) is 98.5 cm³/mol. The van der Waals surface area contributed by atoms with Crippen LogP contribution in [0, 0.1) is 6.92 Å². The van der Waals surface area contributed by atoms with Crippen LogP contribution >= 0.6 is 11.6 Å². The standard InChI is InChI=1S/C19H21ClN4/c1-14-2-4-15(5-3-14)19-17(13-23-10-8-21-9-11-23)24-12-16(20)6-7-18(24)22-19/h2-7,12,21H,8-11,13H2,1H3. The summed E-state index contributed by atoms with van der Waals surface area (Å²) in [7, 11) is 0. The first-order chi connectivity index (χ1) is 11.7. The van der Waals surface area contributed by atoms with Crippen LogP contribution in [-0.2, 0) is 6.54 Å². The number of aryl methyl sites for hydroxylation is 1. The fourth-order valence-corrected chi connectivity index (χ4v) is 3.40. The third-order valence-corrected chi connectivity index (χ3v) is 4.81. The molecule has 3 aromatic rings. The number of imidazole rings is 1. The van der Waals surface area contributed by atoms with Crippen molar-refractivity contribution >= 4 is 17.2 Å². The Morgan fingerprint density at radius 2 is 1.83 bits per heavy atom. The zero-order valence-corrected chi connectivity index (χ0v) is 14.6. The summed E-state index contributed by atoms with van der Waals surface area (Å²) < 4.78 is 2.14. The Kier molecular flexibility index (Phi) is 4.27. The van der Waals surface area contributed by atoms with Crippen LogP contribution < -0.4 is 5.32 Å². The highest BCUT2D eigenvalue weighted by atomic mass is 35.5. The molecule has 4 nitrogen and oxygen atoms in total. The largest absolute Gasteiger partial charge is 0.314 e. The minimum Gasteiger partial charge on any atom is -0.314 e. The fraction of sp³-hybridized carbons (Fsp3) is 0.316. The summed E-state index contributed by atoms with van der Waals surface area (Å²) in [6.07, 6.45) is 1.97. The maximum atomic E-state index is 6.24. The molecule has 1 saturated heterocycles. The second-order valence-electron chi connectivity index (χ2n) is 6.37. The minimum absolute atomic E-state index is 0.733. The van der Waals surface area contributed by atoms with E-state index in [0.29, 0.717) is 0 Å². The van der Waals surface area contributed by atoms with Gasteiger partial charge in [0, 0.05) is 44.5 Å². The molecule has 0 amide bonds. The van der Waals surface area contributed by atoms with Crippen molar-refractivity contribution in [2.24, 2.45) is 0 Å². The van der Waals surface area contributed by atoms with Gasteiger partial charge in [-0.15, -0.1) is 0 Å².